The maximum Gasteiger partial charge on any atom is 0.337 e. The SMILES string of the molecule is CCC1CCC(n2cnc3c(C(=O)O)cccc32)C1C. The Balaban J connectivity index is 2.06. The Labute approximate surface area is 118 Å². The van der Waals surface area contributed by atoms with Crippen LogP contribution >= 0.6 is 0 Å². The molecule has 4 heteroatoms. The highest BCUT2D eigenvalue weighted by molar-refractivity contribution is 6.00. The molecule has 20 heavy (non-hydrogen) atoms. The minimum Gasteiger partial charge on any atom is -0.478 e. The van der Waals surface area contributed by atoms with Crippen LogP contribution in [0.15, 0.2) is 24.5 Å². The fourth-order valence-corrected chi connectivity index (χ4v) is 3.69. The fourth-order valence-electron chi connectivity index (χ4n) is 3.69. The summed E-state index contributed by atoms with van der Waals surface area (Å²) >= 11 is 0. The Hall–Kier alpha value is -1.84. The average molecular weight is 272 g/mol. The third kappa shape index (κ3) is 1.90. The third-order valence-electron chi connectivity index (χ3n) is 4.90. The maximum absolute atomic E-state index is 11.3. The molecule has 3 unspecified atom stereocenters. The number of para-hydroxylation sites is 1. The molecule has 0 amide bonds. The van der Waals surface area contributed by atoms with Gasteiger partial charge < -0.3 is 9.67 Å². The summed E-state index contributed by atoms with van der Waals surface area (Å²) < 4.78 is 2.18. The van der Waals surface area contributed by atoms with Crippen LogP contribution in [-0.4, -0.2) is 20.6 Å². The number of imidazole rings is 1. The average Bonchev–Trinajstić information content (AvgIpc) is 3.01. The van der Waals surface area contributed by atoms with E-state index in [-0.39, 0.29) is 0 Å². The maximum atomic E-state index is 11.3. The Morgan fingerprint density at radius 3 is 2.90 bits per heavy atom. The Morgan fingerprint density at radius 2 is 2.25 bits per heavy atom. The zero-order chi connectivity index (χ0) is 14.3. The van der Waals surface area contributed by atoms with Gasteiger partial charge in [0, 0.05) is 6.04 Å². The van der Waals surface area contributed by atoms with E-state index in [9.17, 15) is 9.90 Å². The van der Waals surface area contributed by atoms with Gasteiger partial charge in [-0.25, -0.2) is 9.78 Å². The summed E-state index contributed by atoms with van der Waals surface area (Å²) in [7, 11) is 0. The first-order valence-electron chi connectivity index (χ1n) is 7.32. The number of fused-ring (bicyclic) bond motifs is 1. The molecule has 1 aromatic carbocycles. The zero-order valence-corrected chi connectivity index (χ0v) is 11.9. The van der Waals surface area contributed by atoms with E-state index < -0.39 is 5.97 Å². The lowest BCUT2D eigenvalue weighted by molar-refractivity contribution is 0.0699. The monoisotopic (exact) mass is 272 g/mol. The molecule has 4 nitrogen and oxygen atoms in total. The van der Waals surface area contributed by atoms with Gasteiger partial charge in [-0.15, -0.1) is 0 Å². The number of nitrogens with zero attached hydrogens (tertiary/aromatic N) is 2. The van der Waals surface area contributed by atoms with Crippen molar-refractivity contribution in [2.45, 2.75) is 39.2 Å². The van der Waals surface area contributed by atoms with Crippen LogP contribution < -0.4 is 0 Å². The molecule has 2 aromatic rings. The van der Waals surface area contributed by atoms with E-state index in [1.807, 2.05) is 12.4 Å². The number of carbonyl (C=O) groups is 1. The second-order valence-corrected chi connectivity index (χ2v) is 5.80. The molecule has 1 heterocycles. The lowest BCUT2D eigenvalue weighted by Gasteiger charge is -2.21. The predicted octanol–water partition coefficient (Wildman–Crippen LogP) is 3.73. The number of carboxylic acids is 1. The summed E-state index contributed by atoms with van der Waals surface area (Å²) in [6.45, 7) is 4.55. The molecule has 1 aliphatic rings. The second kappa shape index (κ2) is 4.93. The van der Waals surface area contributed by atoms with Gasteiger partial charge in [-0.1, -0.05) is 26.3 Å². The molecule has 0 spiro atoms. The highest BCUT2D eigenvalue weighted by Crippen LogP contribution is 2.42. The molecular formula is C16H20N2O2. The number of hydrogen-bond acceptors (Lipinski definition) is 2. The summed E-state index contributed by atoms with van der Waals surface area (Å²) in [6.07, 6.45) is 5.43. The Bertz CT molecular complexity index is 647. The van der Waals surface area contributed by atoms with Crippen LogP contribution in [0.2, 0.25) is 0 Å². The molecular weight excluding hydrogens is 252 g/mol. The normalized spacial score (nSPS) is 26.2. The van der Waals surface area contributed by atoms with Gasteiger partial charge in [-0.2, -0.15) is 0 Å². The number of aromatic nitrogens is 2. The van der Waals surface area contributed by atoms with E-state index in [2.05, 4.69) is 23.4 Å². The van der Waals surface area contributed by atoms with Crippen LogP contribution in [0.25, 0.3) is 11.0 Å². The number of hydrogen-bond donors (Lipinski definition) is 1. The van der Waals surface area contributed by atoms with Crippen molar-refractivity contribution >= 4 is 17.0 Å². The predicted molar refractivity (Wildman–Crippen MR) is 77.9 cm³/mol. The Morgan fingerprint density at radius 1 is 1.45 bits per heavy atom. The van der Waals surface area contributed by atoms with Crippen LogP contribution in [-0.2, 0) is 0 Å². The molecule has 1 aromatic heterocycles. The van der Waals surface area contributed by atoms with E-state index in [1.54, 1.807) is 12.1 Å². The second-order valence-electron chi connectivity index (χ2n) is 5.80. The van der Waals surface area contributed by atoms with E-state index in [1.165, 1.54) is 12.8 Å². The van der Waals surface area contributed by atoms with Crippen molar-refractivity contribution in [3.05, 3.63) is 30.1 Å². The molecule has 0 radical (unpaired) electrons. The third-order valence-corrected chi connectivity index (χ3v) is 4.90. The summed E-state index contributed by atoms with van der Waals surface area (Å²) in [4.78, 5) is 15.6. The highest BCUT2D eigenvalue weighted by Gasteiger charge is 2.33. The van der Waals surface area contributed by atoms with Crippen molar-refractivity contribution in [2.75, 3.05) is 0 Å². The van der Waals surface area contributed by atoms with E-state index in [4.69, 9.17) is 0 Å². The van der Waals surface area contributed by atoms with Crippen molar-refractivity contribution < 1.29 is 9.90 Å². The van der Waals surface area contributed by atoms with Gasteiger partial charge in [-0.3, -0.25) is 0 Å². The van der Waals surface area contributed by atoms with Gasteiger partial charge in [0.25, 0.3) is 0 Å². The van der Waals surface area contributed by atoms with E-state index in [0.717, 1.165) is 17.9 Å². The zero-order valence-electron chi connectivity index (χ0n) is 11.9. The molecule has 1 aliphatic carbocycles. The van der Waals surface area contributed by atoms with E-state index in [0.29, 0.717) is 23.0 Å². The summed E-state index contributed by atoms with van der Waals surface area (Å²) in [5.74, 6) is 0.470. The molecule has 1 N–H and O–H groups in total. The molecule has 3 atom stereocenters. The molecule has 0 bridgehead atoms. The first-order chi connectivity index (χ1) is 9.63. The van der Waals surface area contributed by atoms with Crippen molar-refractivity contribution in [3.63, 3.8) is 0 Å². The van der Waals surface area contributed by atoms with Crippen molar-refractivity contribution in [1.29, 1.82) is 0 Å². The summed E-state index contributed by atoms with van der Waals surface area (Å²) in [6, 6.07) is 5.84. The van der Waals surface area contributed by atoms with Crippen LogP contribution in [0.3, 0.4) is 0 Å². The van der Waals surface area contributed by atoms with Crippen molar-refractivity contribution in [3.8, 4) is 0 Å². The van der Waals surface area contributed by atoms with Gasteiger partial charge >= 0.3 is 5.97 Å². The van der Waals surface area contributed by atoms with Gasteiger partial charge in [-0.05, 0) is 36.8 Å². The van der Waals surface area contributed by atoms with Gasteiger partial charge in [0.15, 0.2) is 0 Å². The topological polar surface area (TPSA) is 55.1 Å². The van der Waals surface area contributed by atoms with Crippen molar-refractivity contribution in [2.24, 2.45) is 11.8 Å². The van der Waals surface area contributed by atoms with Crippen LogP contribution in [0, 0.1) is 11.8 Å². The Kier molecular flexibility index (Phi) is 3.24. The first kappa shape index (κ1) is 13.2. The number of aromatic carboxylic acids is 1. The van der Waals surface area contributed by atoms with Gasteiger partial charge in [0.2, 0.25) is 0 Å². The smallest absolute Gasteiger partial charge is 0.337 e. The standard InChI is InChI=1S/C16H20N2O2/c1-3-11-7-8-13(10(11)2)18-9-17-15-12(16(19)20)5-4-6-14(15)18/h4-6,9-11,13H,3,7-8H2,1-2H3,(H,19,20). The molecule has 1 fully saturated rings. The lowest BCUT2D eigenvalue weighted by atomic mass is 9.93. The fraction of sp³-hybridized carbons (Fsp3) is 0.500. The van der Waals surface area contributed by atoms with Gasteiger partial charge in [0.05, 0.1) is 17.4 Å². The summed E-state index contributed by atoms with van der Waals surface area (Å²) in [5, 5.41) is 9.24. The molecule has 106 valence electrons. The first-order valence-corrected chi connectivity index (χ1v) is 7.32. The largest absolute Gasteiger partial charge is 0.478 e. The molecule has 3 rings (SSSR count). The number of rotatable bonds is 3. The molecule has 0 aliphatic heterocycles. The minimum atomic E-state index is -0.910. The molecule has 1 saturated carbocycles. The highest BCUT2D eigenvalue weighted by atomic mass is 16.4. The van der Waals surface area contributed by atoms with Gasteiger partial charge in [0.1, 0.15) is 5.52 Å². The van der Waals surface area contributed by atoms with Crippen LogP contribution in [0.5, 0.6) is 0 Å². The van der Waals surface area contributed by atoms with Crippen LogP contribution in [0.4, 0.5) is 0 Å². The number of benzene rings is 1. The van der Waals surface area contributed by atoms with E-state index >= 15 is 0 Å². The molecule has 0 saturated heterocycles. The number of carboxylic acid groups (broad SMARTS) is 1. The quantitative estimate of drug-likeness (QED) is 0.926. The minimum absolute atomic E-state index is 0.291. The summed E-state index contributed by atoms with van der Waals surface area (Å²) in [5.41, 5.74) is 1.84. The van der Waals surface area contributed by atoms with Crippen molar-refractivity contribution in [1.82, 2.24) is 9.55 Å². The van der Waals surface area contributed by atoms with Crippen LogP contribution in [0.1, 0.15) is 49.5 Å². The lowest BCUT2D eigenvalue weighted by Crippen LogP contribution is -2.14.